The number of anilines is 2. The van der Waals surface area contributed by atoms with Gasteiger partial charge in [-0.2, -0.15) is 0 Å². The predicted octanol–water partition coefficient (Wildman–Crippen LogP) is 6.19. The molecule has 38 heavy (non-hydrogen) atoms. The molecule has 0 bridgehead atoms. The summed E-state index contributed by atoms with van der Waals surface area (Å²) < 4.78 is 5.45. The largest absolute Gasteiger partial charge is 0.457 e. The van der Waals surface area contributed by atoms with Gasteiger partial charge in [-0.1, -0.05) is 64.1 Å². The van der Waals surface area contributed by atoms with E-state index in [1.54, 1.807) is 29.2 Å². The Hall–Kier alpha value is -3.93. The number of ether oxygens (including phenoxy) is 1. The number of hydrogen-bond acceptors (Lipinski definition) is 4. The third-order valence-corrected chi connectivity index (χ3v) is 7.41. The number of benzene rings is 3. The highest BCUT2D eigenvalue weighted by Gasteiger charge is 2.37. The average molecular weight is 513 g/mol. The summed E-state index contributed by atoms with van der Waals surface area (Å²) in [6.07, 6.45) is 2.15. The summed E-state index contributed by atoms with van der Waals surface area (Å²) in [7, 11) is 0. The van der Waals surface area contributed by atoms with Gasteiger partial charge < -0.3 is 10.1 Å². The summed E-state index contributed by atoms with van der Waals surface area (Å²) in [5.74, 6) is -0.982. The average Bonchev–Trinajstić information content (AvgIpc) is 2.90. The lowest BCUT2D eigenvalue weighted by atomic mass is 9.63. The van der Waals surface area contributed by atoms with Crippen molar-refractivity contribution in [2.45, 2.75) is 64.9 Å². The van der Waals surface area contributed by atoms with Crippen LogP contribution >= 0.6 is 0 Å². The van der Waals surface area contributed by atoms with Gasteiger partial charge in [-0.15, -0.1) is 0 Å². The standard InChI is InChI=1S/C32H36N2O4/c1-22(35)33-20-29(36)34(26-15-16-27-28(19-26)32(4,5)18-17-31(27,2)3)25-13-11-24(12-14-25)30(37)38-21-23-9-7-6-8-10-23/h6-16,19H,17-18,20-21H2,1-5H3,(H,33,35). The first-order valence-corrected chi connectivity index (χ1v) is 13.0. The summed E-state index contributed by atoms with van der Waals surface area (Å²) in [4.78, 5) is 39.2. The number of nitrogens with one attached hydrogen (secondary N) is 1. The minimum Gasteiger partial charge on any atom is -0.457 e. The van der Waals surface area contributed by atoms with Crippen molar-refractivity contribution in [3.8, 4) is 0 Å². The van der Waals surface area contributed by atoms with Crippen molar-refractivity contribution in [1.29, 1.82) is 0 Å². The van der Waals surface area contributed by atoms with Crippen LogP contribution < -0.4 is 10.2 Å². The maximum absolute atomic E-state index is 13.4. The van der Waals surface area contributed by atoms with Gasteiger partial charge in [-0.3, -0.25) is 14.5 Å². The lowest BCUT2D eigenvalue weighted by Crippen LogP contribution is -2.38. The molecular formula is C32H36N2O4. The zero-order chi connectivity index (χ0) is 27.5. The number of amides is 2. The van der Waals surface area contributed by atoms with E-state index >= 15 is 0 Å². The Morgan fingerprint density at radius 2 is 1.42 bits per heavy atom. The van der Waals surface area contributed by atoms with Crippen LogP contribution in [0.4, 0.5) is 11.4 Å². The van der Waals surface area contributed by atoms with Gasteiger partial charge in [-0.05, 0) is 76.8 Å². The maximum atomic E-state index is 13.4. The minimum atomic E-state index is -0.436. The first-order valence-electron chi connectivity index (χ1n) is 13.0. The van der Waals surface area contributed by atoms with Crippen molar-refractivity contribution < 1.29 is 19.1 Å². The van der Waals surface area contributed by atoms with Gasteiger partial charge in [0.1, 0.15) is 6.61 Å². The molecule has 1 N–H and O–H groups in total. The summed E-state index contributed by atoms with van der Waals surface area (Å²) in [6.45, 7) is 10.4. The number of carbonyl (C=O) groups is 3. The highest BCUT2D eigenvalue weighted by Crippen LogP contribution is 2.47. The van der Waals surface area contributed by atoms with Gasteiger partial charge in [0.2, 0.25) is 5.91 Å². The number of esters is 1. The molecule has 1 aliphatic carbocycles. The molecule has 0 aliphatic heterocycles. The molecule has 0 spiro atoms. The van der Waals surface area contributed by atoms with Crippen LogP contribution in [-0.4, -0.2) is 24.3 Å². The molecule has 6 heteroatoms. The summed E-state index contributed by atoms with van der Waals surface area (Å²) in [5, 5.41) is 2.61. The van der Waals surface area contributed by atoms with E-state index in [1.807, 2.05) is 36.4 Å². The van der Waals surface area contributed by atoms with E-state index in [4.69, 9.17) is 4.74 Å². The highest BCUT2D eigenvalue weighted by molar-refractivity contribution is 6.03. The van der Waals surface area contributed by atoms with Gasteiger partial charge in [0.25, 0.3) is 5.91 Å². The molecule has 0 fully saturated rings. The zero-order valence-corrected chi connectivity index (χ0v) is 22.8. The van der Waals surface area contributed by atoms with E-state index in [1.165, 1.54) is 18.1 Å². The fourth-order valence-corrected chi connectivity index (χ4v) is 4.98. The Morgan fingerprint density at radius 3 is 2.05 bits per heavy atom. The van der Waals surface area contributed by atoms with Gasteiger partial charge in [-0.25, -0.2) is 4.79 Å². The molecule has 0 unspecified atom stereocenters. The second-order valence-electron chi connectivity index (χ2n) is 11.2. The van der Waals surface area contributed by atoms with Crippen LogP contribution in [0, 0.1) is 0 Å². The predicted molar refractivity (Wildman–Crippen MR) is 150 cm³/mol. The summed E-state index contributed by atoms with van der Waals surface area (Å²) in [6, 6.07) is 22.5. The van der Waals surface area contributed by atoms with E-state index in [9.17, 15) is 14.4 Å². The molecule has 0 heterocycles. The van der Waals surface area contributed by atoms with Gasteiger partial charge in [0.05, 0.1) is 12.1 Å². The first-order chi connectivity index (χ1) is 18.0. The highest BCUT2D eigenvalue weighted by atomic mass is 16.5. The summed E-state index contributed by atoms with van der Waals surface area (Å²) >= 11 is 0. The topological polar surface area (TPSA) is 75.7 Å². The number of nitrogens with zero attached hydrogens (tertiary/aromatic N) is 1. The second-order valence-corrected chi connectivity index (χ2v) is 11.2. The van der Waals surface area contributed by atoms with Crippen molar-refractivity contribution in [2.24, 2.45) is 0 Å². The van der Waals surface area contributed by atoms with E-state index in [-0.39, 0.29) is 35.8 Å². The van der Waals surface area contributed by atoms with Crippen LogP contribution in [0.3, 0.4) is 0 Å². The quantitative estimate of drug-likeness (QED) is 0.383. The third-order valence-electron chi connectivity index (χ3n) is 7.41. The molecule has 6 nitrogen and oxygen atoms in total. The normalized spacial score (nSPS) is 15.2. The molecule has 3 aromatic rings. The zero-order valence-electron chi connectivity index (χ0n) is 22.8. The smallest absolute Gasteiger partial charge is 0.338 e. The molecule has 198 valence electrons. The van der Waals surface area contributed by atoms with E-state index in [2.05, 4.69) is 45.1 Å². The Balaban J connectivity index is 1.64. The fourth-order valence-electron chi connectivity index (χ4n) is 4.98. The van der Waals surface area contributed by atoms with Crippen molar-refractivity contribution in [3.63, 3.8) is 0 Å². The molecular weight excluding hydrogens is 476 g/mol. The van der Waals surface area contributed by atoms with Crippen LogP contribution in [0.15, 0.2) is 72.8 Å². The molecule has 0 saturated heterocycles. The van der Waals surface area contributed by atoms with Crippen molar-refractivity contribution in [2.75, 3.05) is 11.4 Å². The van der Waals surface area contributed by atoms with E-state index in [0.29, 0.717) is 11.3 Å². The van der Waals surface area contributed by atoms with Crippen molar-refractivity contribution >= 4 is 29.2 Å². The number of carbonyl (C=O) groups excluding carboxylic acids is 3. The maximum Gasteiger partial charge on any atom is 0.338 e. The number of fused-ring (bicyclic) bond motifs is 1. The Labute approximate surface area is 225 Å². The van der Waals surface area contributed by atoms with Crippen LogP contribution in [0.1, 0.15) is 74.5 Å². The van der Waals surface area contributed by atoms with Crippen LogP contribution in [0.2, 0.25) is 0 Å². The summed E-state index contributed by atoms with van der Waals surface area (Å²) in [5.41, 5.74) is 5.18. The SMILES string of the molecule is CC(=O)NCC(=O)N(c1ccc(C(=O)OCc2ccccc2)cc1)c1ccc2c(c1)C(C)(C)CCC2(C)C. The third kappa shape index (κ3) is 5.96. The monoisotopic (exact) mass is 512 g/mol. The fraction of sp³-hybridized carbons (Fsp3) is 0.344. The van der Waals surface area contributed by atoms with Crippen molar-refractivity contribution in [1.82, 2.24) is 5.32 Å². The molecule has 0 saturated carbocycles. The van der Waals surface area contributed by atoms with Gasteiger partial charge in [0.15, 0.2) is 0 Å². The van der Waals surface area contributed by atoms with Crippen LogP contribution in [0.5, 0.6) is 0 Å². The molecule has 0 radical (unpaired) electrons. The Kier molecular flexibility index (Phi) is 7.72. The Bertz CT molecular complexity index is 1330. The molecule has 0 atom stereocenters. The second kappa shape index (κ2) is 10.8. The molecule has 2 amide bonds. The van der Waals surface area contributed by atoms with E-state index < -0.39 is 5.97 Å². The lowest BCUT2D eigenvalue weighted by molar-refractivity contribution is -0.123. The Morgan fingerprint density at radius 1 is 0.816 bits per heavy atom. The minimum absolute atomic E-state index is 0.0282. The first kappa shape index (κ1) is 27.1. The van der Waals surface area contributed by atoms with E-state index in [0.717, 1.165) is 24.1 Å². The molecule has 1 aliphatic rings. The molecule has 3 aromatic carbocycles. The molecule has 4 rings (SSSR count). The van der Waals surface area contributed by atoms with Crippen molar-refractivity contribution in [3.05, 3.63) is 95.1 Å². The lowest BCUT2D eigenvalue weighted by Gasteiger charge is -2.42. The molecule has 0 aromatic heterocycles. The number of hydrogen-bond donors (Lipinski definition) is 1. The van der Waals surface area contributed by atoms with Crippen LogP contribution in [-0.2, 0) is 31.8 Å². The van der Waals surface area contributed by atoms with Gasteiger partial charge >= 0.3 is 5.97 Å². The number of rotatable bonds is 7. The van der Waals surface area contributed by atoms with Crippen LogP contribution in [0.25, 0.3) is 0 Å². The van der Waals surface area contributed by atoms with Gasteiger partial charge in [0, 0.05) is 18.3 Å².